The fourth-order valence-corrected chi connectivity index (χ4v) is 3.05. The summed E-state index contributed by atoms with van der Waals surface area (Å²) in [6.45, 7) is 0. The number of aliphatic hydroxyl groups is 1. The molecule has 2 amide bonds. The van der Waals surface area contributed by atoms with Crippen molar-refractivity contribution in [3.63, 3.8) is 0 Å². The Labute approximate surface area is 205 Å². The molecule has 3 N–H and O–H groups in total. The van der Waals surface area contributed by atoms with E-state index in [4.69, 9.17) is 5.26 Å². The monoisotopic (exact) mass is 522 g/mol. The van der Waals surface area contributed by atoms with Crippen molar-refractivity contribution < 1.29 is 41.0 Å². The number of hydrogen-bond acceptors (Lipinski definition) is 5. The number of halogens is 6. The minimum absolute atomic E-state index is 0.0514. The van der Waals surface area contributed by atoms with Crippen LogP contribution in [-0.4, -0.2) is 23.2 Å². The summed E-state index contributed by atoms with van der Waals surface area (Å²) < 4.78 is 80.2. The molecule has 3 aromatic rings. The highest BCUT2D eigenvalue weighted by atomic mass is 19.4. The van der Waals surface area contributed by atoms with Gasteiger partial charge < -0.3 is 15.2 Å². The van der Waals surface area contributed by atoms with Crippen molar-refractivity contribution in [2.75, 3.05) is 5.32 Å². The lowest BCUT2D eigenvalue weighted by Gasteiger charge is -2.17. The quantitative estimate of drug-likeness (QED) is 0.218. The van der Waals surface area contributed by atoms with Gasteiger partial charge in [-0.3, -0.25) is 0 Å². The average molecular weight is 522 g/mol. The number of hydrazone groups is 1. The first-order valence-corrected chi connectivity index (χ1v) is 10.2. The van der Waals surface area contributed by atoms with Crippen molar-refractivity contribution >= 4 is 17.4 Å². The smallest absolute Gasteiger partial charge is 0.406 e. The number of aliphatic hydroxyl groups excluding tert-OH is 1. The second-order valence-corrected chi connectivity index (χ2v) is 7.35. The van der Waals surface area contributed by atoms with Gasteiger partial charge in [-0.15, -0.1) is 13.2 Å². The van der Waals surface area contributed by atoms with Crippen molar-refractivity contribution in [2.45, 2.75) is 18.6 Å². The summed E-state index contributed by atoms with van der Waals surface area (Å²) in [5, 5.41) is 25.9. The molecule has 1 unspecified atom stereocenters. The van der Waals surface area contributed by atoms with Gasteiger partial charge >= 0.3 is 18.6 Å². The van der Waals surface area contributed by atoms with Crippen LogP contribution in [0.5, 0.6) is 5.75 Å². The van der Waals surface area contributed by atoms with Crippen LogP contribution in [0.25, 0.3) is 0 Å². The number of urea groups is 1. The molecule has 7 nitrogen and oxygen atoms in total. The Kier molecular flexibility index (Phi) is 8.04. The van der Waals surface area contributed by atoms with Gasteiger partial charge in [0.05, 0.1) is 17.2 Å². The van der Waals surface area contributed by atoms with Gasteiger partial charge in [0.2, 0.25) is 0 Å². The van der Waals surface area contributed by atoms with Crippen LogP contribution in [0, 0.1) is 11.3 Å². The Morgan fingerprint density at radius 2 is 1.62 bits per heavy atom. The molecule has 0 bridgehead atoms. The normalized spacial score (nSPS) is 12.9. The summed E-state index contributed by atoms with van der Waals surface area (Å²) in [6.07, 6.45) is -11.2. The first-order chi connectivity index (χ1) is 17.4. The number of carbonyl (C=O) groups is 1. The van der Waals surface area contributed by atoms with E-state index in [-0.39, 0.29) is 28.1 Å². The van der Waals surface area contributed by atoms with Crippen LogP contribution < -0.4 is 15.5 Å². The third-order valence-electron chi connectivity index (χ3n) is 4.72. The molecule has 0 saturated heterocycles. The minimum Gasteiger partial charge on any atom is -0.406 e. The van der Waals surface area contributed by atoms with E-state index in [1.807, 2.05) is 11.5 Å². The van der Waals surface area contributed by atoms with Crippen molar-refractivity contribution in [3.05, 3.63) is 95.1 Å². The van der Waals surface area contributed by atoms with Crippen LogP contribution in [0.15, 0.2) is 77.9 Å². The molecule has 0 aromatic heterocycles. The van der Waals surface area contributed by atoms with E-state index < -0.39 is 36.0 Å². The van der Waals surface area contributed by atoms with Crippen molar-refractivity contribution in [1.29, 1.82) is 5.26 Å². The first-order valence-electron chi connectivity index (χ1n) is 10.2. The highest BCUT2D eigenvalue weighted by Crippen LogP contribution is 2.31. The summed E-state index contributed by atoms with van der Waals surface area (Å²) in [4.78, 5) is 12.3. The number of nitrogens with one attached hydrogen (secondary N) is 2. The number of rotatable bonds is 6. The molecule has 0 heterocycles. The summed E-state index contributed by atoms with van der Waals surface area (Å²) in [5.74, 6) is -0.520. The summed E-state index contributed by atoms with van der Waals surface area (Å²) in [5.41, 5.74) is 1.03. The van der Waals surface area contributed by atoms with Gasteiger partial charge in [-0.1, -0.05) is 24.3 Å². The number of ether oxygens (including phenoxy) is 1. The van der Waals surface area contributed by atoms with Gasteiger partial charge in [0.1, 0.15) is 17.6 Å². The van der Waals surface area contributed by atoms with Crippen LogP contribution in [0.4, 0.5) is 36.8 Å². The molecule has 3 aromatic carbocycles. The maximum Gasteiger partial charge on any atom is 0.573 e. The number of nitrogens with zero attached hydrogens (tertiary/aromatic N) is 2. The Balaban J connectivity index is 1.85. The molecule has 37 heavy (non-hydrogen) atoms. The first kappa shape index (κ1) is 27.0. The van der Waals surface area contributed by atoms with E-state index in [2.05, 4.69) is 15.2 Å². The third-order valence-corrected chi connectivity index (χ3v) is 4.72. The minimum atomic E-state index is -4.89. The van der Waals surface area contributed by atoms with E-state index in [1.165, 1.54) is 30.3 Å². The fraction of sp³-hybridized carbons (Fsp3) is 0.125. The zero-order chi connectivity index (χ0) is 27.2. The number of benzene rings is 3. The molecular weight excluding hydrogens is 506 g/mol. The maximum atomic E-state index is 13.2. The van der Waals surface area contributed by atoms with Crippen LogP contribution in [0.2, 0.25) is 0 Å². The van der Waals surface area contributed by atoms with E-state index >= 15 is 0 Å². The van der Waals surface area contributed by atoms with Crippen LogP contribution in [0.1, 0.15) is 28.4 Å². The molecule has 0 fully saturated rings. The van der Waals surface area contributed by atoms with E-state index in [9.17, 15) is 36.2 Å². The molecule has 0 saturated carbocycles. The highest BCUT2D eigenvalue weighted by molar-refractivity contribution is 6.05. The number of alkyl halides is 6. The fourth-order valence-electron chi connectivity index (χ4n) is 3.05. The van der Waals surface area contributed by atoms with Gasteiger partial charge in [-0.05, 0) is 54.1 Å². The number of nitriles is 1. The second kappa shape index (κ2) is 11.0. The molecule has 192 valence electrons. The number of hydrogen-bond donors (Lipinski definition) is 3. The van der Waals surface area contributed by atoms with E-state index in [0.717, 1.165) is 42.5 Å². The molecule has 1 atom stereocenters. The van der Waals surface area contributed by atoms with Crippen LogP contribution >= 0.6 is 0 Å². The van der Waals surface area contributed by atoms with Gasteiger partial charge in [-0.25, -0.2) is 10.2 Å². The van der Waals surface area contributed by atoms with Crippen LogP contribution in [0.3, 0.4) is 0 Å². The lowest BCUT2D eigenvalue weighted by atomic mass is 9.97. The van der Waals surface area contributed by atoms with Crippen molar-refractivity contribution in [2.24, 2.45) is 5.10 Å². The predicted molar refractivity (Wildman–Crippen MR) is 119 cm³/mol. The zero-order valence-corrected chi connectivity index (χ0v) is 18.4. The van der Waals surface area contributed by atoms with E-state index in [1.54, 1.807) is 0 Å². The third kappa shape index (κ3) is 7.71. The Hall–Kier alpha value is -4.57. The second-order valence-electron chi connectivity index (χ2n) is 7.35. The number of anilines is 1. The lowest BCUT2D eigenvalue weighted by Crippen LogP contribution is -2.27. The zero-order valence-electron chi connectivity index (χ0n) is 18.4. The topological polar surface area (TPSA) is 107 Å². The van der Waals surface area contributed by atoms with Gasteiger partial charge in [0.25, 0.3) is 0 Å². The summed E-state index contributed by atoms with van der Waals surface area (Å²) in [7, 11) is 0. The highest BCUT2D eigenvalue weighted by Gasteiger charge is 2.32. The molecule has 0 aliphatic rings. The Bertz CT molecular complexity index is 1310. The molecular formula is C24H16F6N4O3. The molecule has 3 rings (SSSR count). The van der Waals surface area contributed by atoms with Crippen LogP contribution in [-0.2, 0) is 6.18 Å². The molecule has 0 spiro atoms. The average Bonchev–Trinajstić information content (AvgIpc) is 2.84. The molecule has 0 aliphatic heterocycles. The number of carbonyl (C=O) groups excluding carboxylic acids is 1. The standard InChI is InChI=1S/C24H16F6N4O3/c25-23(26,27)17-3-1-2-16(12-17)20(21(35)15-6-4-14(13-31)5-7-15)33-34-22(36)32-18-8-10-19(11-9-18)37-24(28,29)30/h1-12,21,35H,(H2,32,34,36). The lowest BCUT2D eigenvalue weighted by molar-refractivity contribution is -0.274. The van der Waals surface area contributed by atoms with Gasteiger partial charge in [0, 0.05) is 11.3 Å². The SMILES string of the molecule is N#Cc1ccc(C(O)C(=NNC(=O)Nc2ccc(OC(F)(F)F)cc2)c2cccc(C(F)(F)F)c2)cc1. The van der Waals surface area contributed by atoms with Crippen molar-refractivity contribution in [3.8, 4) is 11.8 Å². The predicted octanol–water partition coefficient (Wildman–Crippen LogP) is 5.74. The van der Waals surface area contributed by atoms with Gasteiger partial charge in [0.15, 0.2) is 0 Å². The molecule has 0 radical (unpaired) electrons. The molecule has 0 aliphatic carbocycles. The summed E-state index contributed by atoms with van der Waals surface area (Å²) in [6, 6.07) is 14.5. The summed E-state index contributed by atoms with van der Waals surface area (Å²) >= 11 is 0. The maximum absolute atomic E-state index is 13.2. The number of amides is 2. The molecule has 13 heteroatoms. The Morgan fingerprint density at radius 3 is 2.19 bits per heavy atom. The van der Waals surface area contributed by atoms with Crippen molar-refractivity contribution in [1.82, 2.24) is 5.43 Å². The largest absolute Gasteiger partial charge is 0.573 e. The van der Waals surface area contributed by atoms with E-state index in [0.29, 0.717) is 0 Å². The van der Waals surface area contributed by atoms with Gasteiger partial charge in [-0.2, -0.15) is 23.5 Å². The Morgan fingerprint density at radius 1 is 0.973 bits per heavy atom.